The van der Waals surface area contributed by atoms with E-state index in [0.29, 0.717) is 5.69 Å². The maximum absolute atomic E-state index is 11.6. The molecule has 1 N–H and O–H groups in total. The molecule has 19 heavy (non-hydrogen) atoms. The number of methoxy groups -OCH3 is 1. The summed E-state index contributed by atoms with van der Waals surface area (Å²) in [5.41, 5.74) is 0.661. The summed E-state index contributed by atoms with van der Waals surface area (Å²) in [7, 11) is 1.42. The average Bonchev–Trinajstić information content (AvgIpc) is 2.38. The van der Waals surface area contributed by atoms with Crippen molar-refractivity contribution in [1.82, 2.24) is 4.98 Å². The highest BCUT2D eigenvalue weighted by atomic mass is 16.5. The van der Waals surface area contributed by atoms with Gasteiger partial charge in [-0.2, -0.15) is 0 Å². The molecule has 0 aliphatic rings. The van der Waals surface area contributed by atoms with Gasteiger partial charge in [0.25, 0.3) is 0 Å². The second-order valence-electron chi connectivity index (χ2n) is 4.13. The molecule has 5 heteroatoms. The van der Waals surface area contributed by atoms with E-state index in [0.717, 1.165) is 10.8 Å². The van der Waals surface area contributed by atoms with E-state index in [-0.39, 0.29) is 24.7 Å². The molecule has 0 bridgehead atoms. The largest absolute Gasteiger partial charge is 0.377 e. The number of carbonyl (C=O) groups is 2. The van der Waals surface area contributed by atoms with Crippen molar-refractivity contribution in [1.29, 1.82) is 0 Å². The molecule has 0 atom stereocenters. The normalized spacial score (nSPS) is 10.4. The molecule has 0 fully saturated rings. The number of aromatic nitrogens is 1. The minimum absolute atomic E-state index is 0.0448. The number of fused-ring (bicyclic) bond motifs is 1. The number of ether oxygens (including phenoxy) is 1. The SMILES string of the molecule is COCC(=O)CC(=O)Nc1ccc2cnccc2c1. The molecule has 0 aliphatic carbocycles. The molecular weight excluding hydrogens is 244 g/mol. The van der Waals surface area contributed by atoms with Gasteiger partial charge in [0.05, 0.1) is 6.42 Å². The van der Waals surface area contributed by atoms with Crippen LogP contribution < -0.4 is 5.32 Å². The van der Waals surface area contributed by atoms with E-state index in [4.69, 9.17) is 0 Å². The van der Waals surface area contributed by atoms with Gasteiger partial charge in [-0.3, -0.25) is 14.6 Å². The van der Waals surface area contributed by atoms with Crippen LogP contribution in [0.5, 0.6) is 0 Å². The van der Waals surface area contributed by atoms with Gasteiger partial charge >= 0.3 is 0 Å². The molecule has 1 aromatic carbocycles. The zero-order chi connectivity index (χ0) is 13.7. The maximum Gasteiger partial charge on any atom is 0.231 e. The number of rotatable bonds is 5. The number of amides is 1. The number of nitrogens with one attached hydrogen (secondary N) is 1. The van der Waals surface area contributed by atoms with Gasteiger partial charge in [0, 0.05) is 30.6 Å². The van der Waals surface area contributed by atoms with Crippen molar-refractivity contribution in [2.45, 2.75) is 6.42 Å². The van der Waals surface area contributed by atoms with E-state index in [1.807, 2.05) is 18.2 Å². The van der Waals surface area contributed by atoms with Crippen LogP contribution in [-0.4, -0.2) is 30.4 Å². The fourth-order valence-corrected chi connectivity index (χ4v) is 1.76. The number of hydrogen-bond donors (Lipinski definition) is 1. The van der Waals surface area contributed by atoms with Crippen molar-refractivity contribution >= 4 is 28.2 Å². The third kappa shape index (κ3) is 3.59. The molecule has 0 saturated heterocycles. The number of carbonyl (C=O) groups excluding carboxylic acids is 2. The Morgan fingerprint density at radius 2 is 2.11 bits per heavy atom. The average molecular weight is 258 g/mol. The van der Waals surface area contributed by atoms with Crippen LogP contribution in [0.1, 0.15) is 6.42 Å². The maximum atomic E-state index is 11.6. The summed E-state index contributed by atoms with van der Waals surface area (Å²) in [4.78, 5) is 26.9. The van der Waals surface area contributed by atoms with Gasteiger partial charge in [-0.25, -0.2) is 0 Å². The second kappa shape index (κ2) is 6.06. The topological polar surface area (TPSA) is 68.3 Å². The molecule has 2 aromatic rings. The molecule has 0 saturated carbocycles. The summed E-state index contributed by atoms with van der Waals surface area (Å²) in [5, 5.41) is 4.67. The molecule has 0 radical (unpaired) electrons. The number of hydrogen-bond acceptors (Lipinski definition) is 4. The van der Waals surface area contributed by atoms with E-state index >= 15 is 0 Å². The fraction of sp³-hybridized carbons (Fsp3) is 0.214. The predicted molar refractivity (Wildman–Crippen MR) is 71.9 cm³/mol. The molecule has 0 unspecified atom stereocenters. The monoisotopic (exact) mass is 258 g/mol. The van der Waals surface area contributed by atoms with Crippen molar-refractivity contribution in [2.75, 3.05) is 19.0 Å². The Balaban J connectivity index is 2.04. The summed E-state index contributed by atoms with van der Waals surface area (Å²) < 4.78 is 4.68. The minimum Gasteiger partial charge on any atom is -0.377 e. The van der Waals surface area contributed by atoms with Crippen molar-refractivity contribution in [3.8, 4) is 0 Å². The first-order valence-corrected chi connectivity index (χ1v) is 5.83. The van der Waals surface area contributed by atoms with Gasteiger partial charge in [0.15, 0.2) is 5.78 Å². The van der Waals surface area contributed by atoms with E-state index in [1.165, 1.54) is 7.11 Å². The van der Waals surface area contributed by atoms with Crippen LogP contribution in [0.15, 0.2) is 36.7 Å². The first-order valence-electron chi connectivity index (χ1n) is 5.83. The number of ketones is 1. The number of benzene rings is 1. The number of nitrogens with zero attached hydrogens (tertiary/aromatic N) is 1. The lowest BCUT2D eigenvalue weighted by Gasteiger charge is -2.06. The molecular formula is C14H14N2O3. The number of anilines is 1. The molecule has 0 spiro atoms. The van der Waals surface area contributed by atoms with Crippen LogP contribution in [0, 0.1) is 0 Å². The Labute approximate surface area is 110 Å². The quantitative estimate of drug-likeness (QED) is 0.830. The van der Waals surface area contributed by atoms with Crippen LogP contribution in [0.3, 0.4) is 0 Å². The van der Waals surface area contributed by atoms with Gasteiger partial charge in [-0.1, -0.05) is 6.07 Å². The summed E-state index contributed by atoms with van der Waals surface area (Å²) in [5.74, 6) is -0.583. The molecule has 5 nitrogen and oxygen atoms in total. The van der Waals surface area contributed by atoms with Crippen molar-refractivity contribution < 1.29 is 14.3 Å². The third-order valence-electron chi connectivity index (χ3n) is 2.59. The number of Topliss-reactive ketones (excluding diaryl/α,β-unsaturated/α-hetero) is 1. The molecule has 1 aromatic heterocycles. The van der Waals surface area contributed by atoms with Crippen molar-refractivity contribution in [3.05, 3.63) is 36.7 Å². The zero-order valence-electron chi connectivity index (χ0n) is 10.6. The fourth-order valence-electron chi connectivity index (χ4n) is 1.76. The van der Waals surface area contributed by atoms with Gasteiger partial charge in [0.1, 0.15) is 6.61 Å². The van der Waals surface area contributed by atoms with Gasteiger partial charge in [0.2, 0.25) is 5.91 Å². The predicted octanol–water partition coefficient (Wildman–Crippen LogP) is 1.78. The first-order chi connectivity index (χ1) is 9.19. The zero-order valence-corrected chi connectivity index (χ0v) is 10.6. The molecule has 0 aliphatic heterocycles. The molecule has 1 amide bonds. The Kier molecular flexibility index (Phi) is 4.20. The Bertz CT molecular complexity index is 610. The van der Waals surface area contributed by atoms with Gasteiger partial charge < -0.3 is 10.1 Å². The van der Waals surface area contributed by atoms with E-state index in [1.54, 1.807) is 18.5 Å². The van der Waals surface area contributed by atoms with Crippen LogP contribution >= 0.6 is 0 Å². The summed E-state index contributed by atoms with van der Waals surface area (Å²) in [6, 6.07) is 7.36. The third-order valence-corrected chi connectivity index (χ3v) is 2.59. The summed E-state index contributed by atoms with van der Waals surface area (Å²) in [6.07, 6.45) is 3.27. The van der Waals surface area contributed by atoms with Crippen LogP contribution in [0.2, 0.25) is 0 Å². The number of pyridine rings is 1. The second-order valence-corrected chi connectivity index (χ2v) is 4.13. The Hall–Kier alpha value is -2.27. The Morgan fingerprint density at radius 1 is 1.26 bits per heavy atom. The molecule has 98 valence electrons. The van der Waals surface area contributed by atoms with E-state index in [2.05, 4.69) is 15.0 Å². The van der Waals surface area contributed by atoms with Crippen molar-refractivity contribution in [3.63, 3.8) is 0 Å². The minimum atomic E-state index is -0.338. The van der Waals surface area contributed by atoms with Crippen LogP contribution in [0.4, 0.5) is 5.69 Å². The molecule has 1 heterocycles. The lowest BCUT2D eigenvalue weighted by atomic mass is 10.1. The highest BCUT2D eigenvalue weighted by Crippen LogP contribution is 2.17. The lowest BCUT2D eigenvalue weighted by molar-refractivity contribution is -0.127. The lowest BCUT2D eigenvalue weighted by Crippen LogP contribution is -2.19. The van der Waals surface area contributed by atoms with Gasteiger partial charge in [-0.05, 0) is 23.6 Å². The highest BCUT2D eigenvalue weighted by Gasteiger charge is 2.09. The van der Waals surface area contributed by atoms with E-state index in [9.17, 15) is 9.59 Å². The van der Waals surface area contributed by atoms with Crippen LogP contribution in [-0.2, 0) is 14.3 Å². The Morgan fingerprint density at radius 3 is 2.89 bits per heavy atom. The van der Waals surface area contributed by atoms with E-state index < -0.39 is 0 Å². The highest BCUT2D eigenvalue weighted by molar-refractivity contribution is 6.05. The van der Waals surface area contributed by atoms with Gasteiger partial charge in [-0.15, -0.1) is 0 Å². The summed E-state index contributed by atoms with van der Waals surface area (Å²) >= 11 is 0. The molecule has 2 rings (SSSR count). The smallest absolute Gasteiger partial charge is 0.231 e. The summed E-state index contributed by atoms with van der Waals surface area (Å²) in [6.45, 7) is -0.0448. The first kappa shape index (κ1) is 13.2. The van der Waals surface area contributed by atoms with Crippen LogP contribution in [0.25, 0.3) is 10.8 Å². The standard InChI is InChI=1S/C14H14N2O3/c1-19-9-13(17)7-14(18)16-12-3-2-11-8-15-5-4-10(11)6-12/h2-6,8H,7,9H2,1H3,(H,16,18). The van der Waals surface area contributed by atoms with Crippen molar-refractivity contribution in [2.24, 2.45) is 0 Å².